The van der Waals surface area contributed by atoms with Crippen molar-refractivity contribution in [1.82, 2.24) is 15.1 Å². The molecule has 5 heteroatoms. The van der Waals surface area contributed by atoms with E-state index < -0.39 is 0 Å². The van der Waals surface area contributed by atoms with Gasteiger partial charge in [0.2, 0.25) is 0 Å². The van der Waals surface area contributed by atoms with Crippen LogP contribution in [-0.4, -0.2) is 29.3 Å². The third-order valence-corrected chi connectivity index (χ3v) is 4.08. The number of methoxy groups -OCH3 is 1. The van der Waals surface area contributed by atoms with E-state index in [9.17, 15) is 4.79 Å². The molecule has 3 rings (SSSR count). The molecule has 1 aromatic heterocycles. The van der Waals surface area contributed by atoms with Crippen molar-refractivity contribution in [2.45, 2.75) is 38.5 Å². The van der Waals surface area contributed by atoms with Gasteiger partial charge < -0.3 is 10.1 Å². The van der Waals surface area contributed by atoms with Gasteiger partial charge in [0.25, 0.3) is 5.91 Å². The molecular weight excluding hydrogens is 290 g/mol. The Labute approximate surface area is 136 Å². The fourth-order valence-corrected chi connectivity index (χ4v) is 2.59. The van der Waals surface area contributed by atoms with Crippen molar-refractivity contribution >= 4 is 5.91 Å². The van der Waals surface area contributed by atoms with E-state index >= 15 is 0 Å². The number of carbonyl (C=O) groups excluding carboxylic acids is 1. The van der Waals surface area contributed by atoms with Crippen LogP contribution in [0.25, 0.3) is 5.69 Å². The Bertz CT molecular complexity index is 689. The Hall–Kier alpha value is -2.30. The van der Waals surface area contributed by atoms with E-state index in [0.717, 1.165) is 42.8 Å². The van der Waals surface area contributed by atoms with Crippen LogP contribution >= 0.6 is 0 Å². The molecule has 1 fully saturated rings. The minimum atomic E-state index is -0.0954. The Kier molecular flexibility index (Phi) is 4.65. The molecule has 0 bridgehead atoms. The van der Waals surface area contributed by atoms with Crippen LogP contribution in [0.1, 0.15) is 54.7 Å². The lowest BCUT2D eigenvalue weighted by Gasteiger charge is -2.08. The summed E-state index contributed by atoms with van der Waals surface area (Å²) in [6.45, 7) is 2.80. The second kappa shape index (κ2) is 6.86. The Morgan fingerprint density at radius 1 is 1.39 bits per heavy atom. The largest absolute Gasteiger partial charge is 0.497 e. The molecule has 1 amide bonds. The van der Waals surface area contributed by atoms with Crippen LogP contribution in [0.15, 0.2) is 30.3 Å². The molecule has 0 radical (unpaired) electrons. The summed E-state index contributed by atoms with van der Waals surface area (Å²) in [7, 11) is 1.65. The third-order valence-electron chi connectivity index (χ3n) is 4.08. The zero-order valence-corrected chi connectivity index (χ0v) is 13.7. The van der Waals surface area contributed by atoms with Crippen LogP contribution in [0.4, 0.5) is 0 Å². The van der Waals surface area contributed by atoms with Gasteiger partial charge in [-0.3, -0.25) is 4.79 Å². The second-order valence-electron chi connectivity index (χ2n) is 5.95. The first kappa shape index (κ1) is 15.6. The van der Waals surface area contributed by atoms with E-state index in [1.807, 2.05) is 35.0 Å². The van der Waals surface area contributed by atoms with Gasteiger partial charge in [-0.25, -0.2) is 4.68 Å². The summed E-state index contributed by atoms with van der Waals surface area (Å²) < 4.78 is 7.18. The summed E-state index contributed by atoms with van der Waals surface area (Å²) >= 11 is 0. The van der Waals surface area contributed by atoms with E-state index in [4.69, 9.17) is 4.74 Å². The van der Waals surface area contributed by atoms with Gasteiger partial charge >= 0.3 is 0 Å². The van der Waals surface area contributed by atoms with Gasteiger partial charge in [0.1, 0.15) is 5.75 Å². The fraction of sp³-hybridized carbons (Fsp3) is 0.444. The van der Waals surface area contributed by atoms with Crippen LogP contribution in [0.2, 0.25) is 0 Å². The van der Waals surface area contributed by atoms with E-state index in [0.29, 0.717) is 18.2 Å². The topological polar surface area (TPSA) is 56.2 Å². The highest BCUT2D eigenvalue weighted by atomic mass is 16.5. The molecule has 1 aliphatic rings. The molecule has 1 N–H and O–H groups in total. The zero-order chi connectivity index (χ0) is 16.2. The minimum Gasteiger partial charge on any atom is -0.497 e. The Morgan fingerprint density at radius 2 is 2.22 bits per heavy atom. The number of unbranched alkanes of at least 4 members (excludes halogenated alkanes) is 1. The highest BCUT2D eigenvalue weighted by Gasteiger charge is 2.29. The average Bonchev–Trinajstić information content (AvgIpc) is 3.33. The number of amides is 1. The van der Waals surface area contributed by atoms with Gasteiger partial charge in [0, 0.05) is 24.2 Å². The van der Waals surface area contributed by atoms with Crippen molar-refractivity contribution in [3.8, 4) is 11.4 Å². The van der Waals surface area contributed by atoms with Crippen LogP contribution < -0.4 is 10.1 Å². The number of aromatic nitrogens is 2. The van der Waals surface area contributed by atoms with Crippen molar-refractivity contribution < 1.29 is 9.53 Å². The molecule has 2 aromatic rings. The summed E-state index contributed by atoms with van der Waals surface area (Å²) in [4.78, 5) is 12.3. The molecule has 5 nitrogen and oxygen atoms in total. The summed E-state index contributed by atoms with van der Waals surface area (Å²) in [5.74, 6) is 1.20. The molecular formula is C18H23N3O2. The number of benzene rings is 1. The maximum Gasteiger partial charge on any atom is 0.271 e. The predicted molar refractivity (Wildman–Crippen MR) is 89.3 cm³/mol. The number of nitrogens with zero attached hydrogens (tertiary/aromatic N) is 2. The summed E-state index contributed by atoms with van der Waals surface area (Å²) in [6.07, 6.45) is 4.36. The molecule has 1 aliphatic carbocycles. The highest BCUT2D eigenvalue weighted by molar-refractivity contribution is 5.92. The molecule has 0 atom stereocenters. The van der Waals surface area contributed by atoms with E-state index in [1.54, 1.807) is 7.11 Å². The van der Waals surface area contributed by atoms with E-state index in [2.05, 4.69) is 17.3 Å². The first-order valence-corrected chi connectivity index (χ1v) is 8.25. The second-order valence-corrected chi connectivity index (χ2v) is 5.95. The third kappa shape index (κ3) is 3.55. The maximum absolute atomic E-state index is 12.3. The summed E-state index contributed by atoms with van der Waals surface area (Å²) in [5, 5.41) is 7.48. The van der Waals surface area contributed by atoms with E-state index in [1.165, 1.54) is 0 Å². The number of nitrogens with one attached hydrogen (secondary N) is 1. The SMILES string of the molecule is CCCCNC(=O)c1cc(C2CC2)n(-c2cccc(OC)c2)n1. The highest BCUT2D eigenvalue weighted by Crippen LogP contribution is 2.41. The lowest BCUT2D eigenvalue weighted by molar-refractivity contribution is 0.0947. The lowest BCUT2D eigenvalue weighted by atomic mass is 10.2. The van der Waals surface area contributed by atoms with Gasteiger partial charge in [-0.05, 0) is 37.5 Å². The first-order valence-electron chi connectivity index (χ1n) is 8.25. The first-order chi connectivity index (χ1) is 11.2. The molecule has 0 unspecified atom stereocenters. The van der Waals surface area contributed by atoms with Gasteiger partial charge in [0.15, 0.2) is 5.69 Å². The van der Waals surface area contributed by atoms with Crippen LogP contribution in [0, 0.1) is 0 Å². The number of hydrogen-bond donors (Lipinski definition) is 1. The average molecular weight is 313 g/mol. The minimum absolute atomic E-state index is 0.0954. The molecule has 0 aliphatic heterocycles. The Morgan fingerprint density at radius 3 is 2.91 bits per heavy atom. The molecule has 1 aromatic carbocycles. The van der Waals surface area contributed by atoms with Gasteiger partial charge in [-0.15, -0.1) is 0 Å². The summed E-state index contributed by atoms with van der Waals surface area (Å²) in [5.41, 5.74) is 2.53. The van der Waals surface area contributed by atoms with Crippen molar-refractivity contribution in [1.29, 1.82) is 0 Å². The molecule has 1 saturated carbocycles. The molecule has 1 heterocycles. The zero-order valence-electron chi connectivity index (χ0n) is 13.7. The van der Waals surface area contributed by atoms with Crippen molar-refractivity contribution in [2.24, 2.45) is 0 Å². The molecule has 0 spiro atoms. The number of ether oxygens (including phenoxy) is 1. The quantitative estimate of drug-likeness (QED) is 0.798. The molecule has 122 valence electrons. The summed E-state index contributed by atoms with van der Waals surface area (Å²) in [6, 6.07) is 9.70. The van der Waals surface area contributed by atoms with Gasteiger partial charge in [-0.1, -0.05) is 19.4 Å². The van der Waals surface area contributed by atoms with Gasteiger partial charge in [0.05, 0.1) is 12.8 Å². The standard InChI is InChI=1S/C18H23N3O2/c1-3-4-10-19-18(22)16-12-17(13-8-9-13)21(20-16)14-6-5-7-15(11-14)23-2/h5-7,11-13H,3-4,8-10H2,1-2H3,(H,19,22). The number of hydrogen-bond acceptors (Lipinski definition) is 3. The van der Waals surface area contributed by atoms with Crippen molar-refractivity contribution in [3.05, 3.63) is 41.7 Å². The molecule has 0 saturated heterocycles. The van der Waals surface area contributed by atoms with Gasteiger partial charge in [-0.2, -0.15) is 5.10 Å². The monoisotopic (exact) mass is 313 g/mol. The molecule has 23 heavy (non-hydrogen) atoms. The van der Waals surface area contributed by atoms with Crippen LogP contribution in [0.3, 0.4) is 0 Å². The van der Waals surface area contributed by atoms with Crippen molar-refractivity contribution in [3.63, 3.8) is 0 Å². The van der Waals surface area contributed by atoms with Crippen LogP contribution in [-0.2, 0) is 0 Å². The smallest absolute Gasteiger partial charge is 0.271 e. The lowest BCUT2D eigenvalue weighted by Crippen LogP contribution is -2.24. The number of carbonyl (C=O) groups is 1. The van der Waals surface area contributed by atoms with Crippen LogP contribution in [0.5, 0.6) is 5.75 Å². The Balaban J connectivity index is 1.88. The maximum atomic E-state index is 12.3. The van der Waals surface area contributed by atoms with E-state index in [-0.39, 0.29) is 5.91 Å². The fourth-order valence-electron chi connectivity index (χ4n) is 2.59. The predicted octanol–water partition coefficient (Wildman–Crippen LogP) is 3.29. The normalized spacial score (nSPS) is 13.8. The number of rotatable bonds is 7. The van der Waals surface area contributed by atoms with Crippen molar-refractivity contribution in [2.75, 3.05) is 13.7 Å².